The number of aryl methyl sites for hydroxylation is 6. The lowest BCUT2D eigenvalue weighted by molar-refractivity contribution is 0.669. The number of pyridine rings is 1. The largest absolute Gasteiger partial charge is 0.456 e. The molecule has 5 nitrogen and oxygen atoms in total. The molecule has 0 radical (unpaired) electrons. The van der Waals surface area contributed by atoms with Gasteiger partial charge in [0.2, 0.25) is 5.78 Å². The Morgan fingerprint density at radius 1 is 0.472 bits per heavy atom. The minimum Gasteiger partial charge on any atom is -0.456 e. The Morgan fingerprint density at radius 3 is 1.77 bits per heavy atom. The highest BCUT2D eigenvalue weighted by molar-refractivity contribution is 6.07. The summed E-state index contributed by atoms with van der Waals surface area (Å²) in [5, 5.41) is 2.11. The number of benzene rings is 6. The highest BCUT2D eigenvalue weighted by Gasteiger charge is 2.20. The Balaban J connectivity index is 1.19. The molecular weight excluding hydrogens is 649 g/mol. The van der Waals surface area contributed by atoms with Gasteiger partial charge in [0.1, 0.15) is 11.2 Å². The van der Waals surface area contributed by atoms with Gasteiger partial charge in [-0.05, 0) is 148 Å². The molecule has 10 aromatic rings. The SMILES string of the molecule is Cc1cc(C)c(-c2cc(-c3ccc4oc5ccc(-n6c7ccccc7n7c8ccccc8nc67)cc5c4c3)nc(-c3c(C)cc(C)cc3C)c2)c(C)c1. The van der Waals surface area contributed by atoms with Crippen LogP contribution in [0.15, 0.2) is 126 Å². The van der Waals surface area contributed by atoms with Crippen LogP contribution in [-0.2, 0) is 0 Å². The van der Waals surface area contributed by atoms with Crippen molar-refractivity contribution in [2.24, 2.45) is 0 Å². The molecule has 53 heavy (non-hydrogen) atoms. The molecular formula is C48H38N4O. The summed E-state index contributed by atoms with van der Waals surface area (Å²) in [5.41, 5.74) is 21.2. The second-order valence-corrected chi connectivity index (χ2v) is 14.7. The van der Waals surface area contributed by atoms with Crippen LogP contribution in [0.25, 0.3) is 89.1 Å². The van der Waals surface area contributed by atoms with E-state index in [9.17, 15) is 0 Å². The Hall–Kier alpha value is -6.46. The van der Waals surface area contributed by atoms with E-state index in [-0.39, 0.29) is 0 Å². The van der Waals surface area contributed by atoms with Gasteiger partial charge in [-0.25, -0.2) is 9.97 Å². The summed E-state index contributed by atoms with van der Waals surface area (Å²) in [4.78, 5) is 10.5. The predicted octanol–water partition coefficient (Wildman–Crippen LogP) is 12.6. The van der Waals surface area contributed by atoms with Crippen LogP contribution in [0, 0.1) is 41.5 Å². The van der Waals surface area contributed by atoms with Gasteiger partial charge in [-0.3, -0.25) is 8.97 Å². The fraction of sp³-hybridized carbons (Fsp3) is 0.125. The summed E-state index contributed by atoms with van der Waals surface area (Å²) in [6.45, 7) is 13.1. The van der Waals surface area contributed by atoms with Crippen LogP contribution in [0.4, 0.5) is 0 Å². The number of imidazole rings is 2. The maximum Gasteiger partial charge on any atom is 0.220 e. The number of hydrogen-bond donors (Lipinski definition) is 0. The summed E-state index contributed by atoms with van der Waals surface area (Å²) >= 11 is 0. The van der Waals surface area contributed by atoms with Crippen molar-refractivity contribution in [2.75, 3.05) is 0 Å². The molecule has 10 rings (SSSR count). The average molecular weight is 687 g/mol. The highest BCUT2D eigenvalue weighted by Crippen LogP contribution is 2.39. The normalized spacial score (nSPS) is 12.0. The first-order chi connectivity index (χ1) is 25.7. The van der Waals surface area contributed by atoms with E-state index in [0.29, 0.717) is 0 Å². The zero-order chi connectivity index (χ0) is 36.1. The summed E-state index contributed by atoms with van der Waals surface area (Å²) in [5.74, 6) is 0.886. The molecule has 4 heterocycles. The van der Waals surface area contributed by atoms with E-state index in [2.05, 4.69) is 166 Å². The van der Waals surface area contributed by atoms with Crippen molar-refractivity contribution >= 4 is 49.8 Å². The van der Waals surface area contributed by atoms with Crippen LogP contribution in [0.5, 0.6) is 0 Å². The Kier molecular flexibility index (Phi) is 6.80. The van der Waals surface area contributed by atoms with Gasteiger partial charge in [-0.2, -0.15) is 0 Å². The maximum atomic E-state index is 6.46. The monoisotopic (exact) mass is 686 g/mol. The number of furan rings is 1. The van der Waals surface area contributed by atoms with E-state index in [1.807, 2.05) is 6.07 Å². The van der Waals surface area contributed by atoms with Gasteiger partial charge in [0.25, 0.3) is 0 Å². The molecule has 0 unspecified atom stereocenters. The zero-order valence-corrected chi connectivity index (χ0v) is 30.7. The molecule has 5 heteroatoms. The van der Waals surface area contributed by atoms with Crippen molar-refractivity contribution in [3.8, 4) is 39.3 Å². The summed E-state index contributed by atoms with van der Waals surface area (Å²) < 4.78 is 11.0. The number of aromatic nitrogens is 4. The van der Waals surface area contributed by atoms with Gasteiger partial charge in [0.05, 0.1) is 39.1 Å². The van der Waals surface area contributed by atoms with Crippen molar-refractivity contribution in [3.05, 3.63) is 155 Å². The predicted molar refractivity (Wildman–Crippen MR) is 219 cm³/mol. The lowest BCUT2D eigenvalue weighted by Crippen LogP contribution is -1.97. The van der Waals surface area contributed by atoms with Crippen molar-refractivity contribution in [1.29, 1.82) is 0 Å². The van der Waals surface area contributed by atoms with E-state index in [1.165, 1.54) is 50.1 Å². The summed E-state index contributed by atoms with van der Waals surface area (Å²) in [7, 11) is 0. The quantitative estimate of drug-likeness (QED) is 0.185. The number of fused-ring (bicyclic) bond motifs is 8. The third kappa shape index (κ3) is 4.84. The molecule has 0 fully saturated rings. The second kappa shape index (κ2) is 11.5. The highest BCUT2D eigenvalue weighted by atomic mass is 16.3. The first kappa shape index (κ1) is 31.3. The average Bonchev–Trinajstić information content (AvgIpc) is 3.79. The molecule has 0 spiro atoms. The number of hydrogen-bond acceptors (Lipinski definition) is 3. The molecule has 0 atom stereocenters. The second-order valence-electron chi connectivity index (χ2n) is 14.7. The van der Waals surface area contributed by atoms with Gasteiger partial charge in [0, 0.05) is 21.9 Å². The Labute approximate surface area is 307 Å². The fourth-order valence-electron chi connectivity index (χ4n) is 8.84. The fourth-order valence-corrected chi connectivity index (χ4v) is 8.84. The van der Waals surface area contributed by atoms with Crippen LogP contribution in [0.2, 0.25) is 0 Å². The van der Waals surface area contributed by atoms with Crippen LogP contribution in [0.3, 0.4) is 0 Å². The van der Waals surface area contributed by atoms with E-state index in [4.69, 9.17) is 14.4 Å². The van der Waals surface area contributed by atoms with Crippen LogP contribution >= 0.6 is 0 Å². The molecule has 0 aliphatic heterocycles. The number of rotatable bonds is 4. The first-order valence-corrected chi connectivity index (χ1v) is 18.2. The van der Waals surface area contributed by atoms with E-state index in [1.54, 1.807) is 0 Å². The minimum atomic E-state index is 0.848. The van der Waals surface area contributed by atoms with Crippen LogP contribution < -0.4 is 0 Å². The molecule has 0 aliphatic carbocycles. The van der Waals surface area contributed by atoms with Gasteiger partial charge in [-0.15, -0.1) is 0 Å². The third-order valence-corrected chi connectivity index (χ3v) is 10.8. The first-order valence-electron chi connectivity index (χ1n) is 18.2. The molecule has 0 saturated heterocycles. The molecule has 6 aromatic carbocycles. The third-order valence-electron chi connectivity index (χ3n) is 10.8. The minimum absolute atomic E-state index is 0.848. The molecule has 0 amide bonds. The summed E-state index contributed by atoms with van der Waals surface area (Å²) in [6, 6.07) is 43.4. The van der Waals surface area contributed by atoms with Crippen molar-refractivity contribution in [3.63, 3.8) is 0 Å². The van der Waals surface area contributed by atoms with Gasteiger partial charge in [-0.1, -0.05) is 59.7 Å². The summed E-state index contributed by atoms with van der Waals surface area (Å²) in [6.07, 6.45) is 0. The van der Waals surface area contributed by atoms with E-state index < -0.39 is 0 Å². The van der Waals surface area contributed by atoms with Crippen molar-refractivity contribution in [2.45, 2.75) is 41.5 Å². The van der Waals surface area contributed by atoms with Gasteiger partial charge >= 0.3 is 0 Å². The Morgan fingerprint density at radius 2 is 1.06 bits per heavy atom. The molecule has 0 saturated carbocycles. The lowest BCUT2D eigenvalue weighted by Gasteiger charge is -2.17. The molecule has 0 N–H and O–H groups in total. The molecule has 0 aliphatic rings. The smallest absolute Gasteiger partial charge is 0.220 e. The lowest BCUT2D eigenvalue weighted by atomic mass is 9.90. The molecule has 256 valence electrons. The van der Waals surface area contributed by atoms with E-state index in [0.717, 1.165) is 72.4 Å². The number of para-hydroxylation sites is 4. The van der Waals surface area contributed by atoms with Gasteiger partial charge in [0.15, 0.2) is 0 Å². The van der Waals surface area contributed by atoms with Crippen molar-refractivity contribution in [1.82, 2.24) is 18.9 Å². The molecule has 4 aromatic heterocycles. The van der Waals surface area contributed by atoms with Crippen molar-refractivity contribution < 1.29 is 4.42 Å². The van der Waals surface area contributed by atoms with Crippen LogP contribution in [-0.4, -0.2) is 18.9 Å². The maximum absolute atomic E-state index is 6.46. The molecule has 0 bridgehead atoms. The van der Waals surface area contributed by atoms with E-state index >= 15 is 0 Å². The van der Waals surface area contributed by atoms with Gasteiger partial charge < -0.3 is 4.42 Å². The van der Waals surface area contributed by atoms with Crippen LogP contribution in [0.1, 0.15) is 33.4 Å². The Bertz CT molecular complexity index is 3010. The topological polar surface area (TPSA) is 48.3 Å². The standard InChI is InChI=1S/C48H38N4O/c1-27-19-29(3)46(30(4)20-27)34-24-39(49-40(25-34)47-31(5)21-28(2)22-32(47)6)33-15-17-44-36(23-33)37-26-35(16-18-45(37)53-44)51-42-13-9-10-14-43(42)52-41-12-8-7-11-38(41)50-48(51)52/h7-26H,1-6H3. The zero-order valence-electron chi connectivity index (χ0n) is 30.7. The number of nitrogens with zero attached hydrogens (tertiary/aromatic N) is 4.